The summed E-state index contributed by atoms with van der Waals surface area (Å²) in [5, 5.41) is 6.06. The van der Waals surface area contributed by atoms with Crippen molar-refractivity contribution >= 4 is 11.6 Å². The van der Waals surface area contributed by atoms with Crippen LogP contribution in [-0.2, 0) is 4.79 Å². The SMILES string of the molecule is CC(C)N1N=C(c2ccc(-c3ccc(F)cc3)cc2)CCC1=O. The Morgan fingerprint density at radius 2 is 1.43 bits per heavy atom. The highest BCUT2D eigenvalue weighted by atomic mass is 19.1. The molecular weight excluding hydrogens is 291 g/mol. The molecule has 118 valence electrons. The lowest BCUT2D eigenvalue weighted by molar-refractivity contribution is -0.133. The Hall–Kier alpha value is -2.49. The molecule has 0 atom stereocenters. The number of rotatable bonds is 3. The first-order valence-electron chi connectivity index (χ1n) is 7.80. The summed E-state index contributed by atoms with van der Waals surface area (Å²) in [6.45, 7) is 3.92. The van der Waals surface area contributed by atoms with E-state index in [0.29, 0.717) is 12.8 Å². The molecule has 0 spiro atoms. The van der Waals surface area contributed by atoms with E-state index in [-0.39, 0.29) is 17.8 Å². The molecule has 4 heteroatoms. The molecule has 0 aromatic heterocycles. The van der Waals surface area contributed by atoms with Crippen LogP contribution in [0.3, 0.4) is 0 Å². The summed E-state index contributed by atoms with van der Waals surface area (Å²) in [7, 11) is 0. The first kappa shape index (κ1) is 15.4. The molecule has 0 N–H and O–H groups in total. The Labute approximate surface area is 135 Å². The van der Waals surface area contributed by atoms with Crippen LogP contribution in [0.1, 0.15) is 32.3 Å². The number of carbonyl (C=O) groups excluding carboxylic acids is 1. The third kappa shape index (κ3) is 3.31. The number of benzene rings is 2. The van der Waals surface area contributed by atoms with E-state index in [0.717, 1.165) is 22.4 Å². The molecule has 1 heterocycles. The maximum Gasteiger partial charge on any atom is 0.243 e. The topological polar surface area (TPSA) is 32.7 Å². The first-order chi connectivity index (χ1) is 11.0. The Morgan fingerprint density at radius 1 is 0.913 bits per heavy atom. The normalized spacial score (nSPS) is 15.0. The number of carbonyl (C=O) groups is 1. The minimum absolute atomic E-state index is 0.0660. The Bertz CT molecular complexity index is 733. The summed E-state index contributed by atoms with van der Waals surface area (Å²) >= 11 is 0. The lowest BCUT2D eigenvalue weighted by Crippen LogP contribution is -2.36. The fraction of sp³-hybridized carbons (Fsp3) is 0.263. The number of hydrogen-bond donors (Lipinski definition) is 0. The van der Waals surface area contributed by atoms with Crippen LogP contribution in [0, 0.1) is 5.82 Å². The van der Waals surface area contributed by atoms with Gasteiger partial charge in [-0.25, -0.2) is 9.40 Å². The Morgan fingerprint density at radius 3 is 2.00 bits per heavy atom. The average molecular weight is 310 g/mol. The number of hydrogen-bond acceptors (Lipinski definition) is 2. The van der Waals surface area contributed by atoms with Crippen molar-refractivity contribution in [2.45, 2.75) is 32.7 Å². The van der Waals surface area contributed by atoms with Crippen LogP contribution in [0.15, 0.2) is 53.6 Å². The van der Waals surface area contributed by atoms with E-state index in [1.54, 1.807) is 17.1 Å². The third-order valence-electron chi connectivity index (χ3n) is 3.94. The molecule has 2 aromatic rings. The van der Waals surface area contributed by atoms with Gasteiger partial charge in [0.2, 0.25) is 5.91 Å². The van der Waals surface area contributed by atoms with Crippen LogP contribution in [0.2, 0.25) is 0 Å². The van der Waals surface area contributed by atoms with Crippen molar-refractivity contribution in [3.8, 4) is 11.1 Å². The zero-order chi connectivity index (χ0) is 16.4. The van der Waals surface area contributed by atoms with Gasteiger partial charge < -0.3 is 0 Å². The molecule has 23 heavy (non-hydrogen) atoms. The van der Waals surface area contributed by atoms with Gasteiger partial charge in [-0.2, -0.15) is 5.10 Å². The highest BCUT2D eigenvalue weighted by molar-refractivity contribution is 6.04. The predicted octanol–water partition coefficient (Wildman–Crippen LogP) is 4.23. The smallest absolute Gasteiger partial charge is 0.243 e. The minimum Gasteiger partial charge on any atom is -0.273 e. The van der Waals surface area contributed by atoms with Crippen LogP contribution >= 0.6 is 0 Å². The molecule has 0 fully saturated rings. The Kier molecular flexibility index (Phi) is 4.24. The summed E-state index contributed by atoms with van der Waals surface area (Å²) in [6.07, 6.45) is 1.16. The number of nitrogens with zero attached hydrogens (tertiary/aromatic N) is 2. The van der Waals surface area contributed by atoms with Gasteiger partial charge in [-0.1, -0.05) is 36.4 Å². The van der Waals surface area contributed by atoms with Crippen molar-refractivity contribution in [3.05, 3.63) is 59.9 Å². The summed E-state index contributed by atoms with van der Waals surface area (Å²) in [5.74, 6) is -0.160. The average Bonchev–Trinajstić information content (AvgIpc) is 2.56. The molecule has 0 radical (unpaired) electrons. The molecule has 0 saturated heterocycles. The lowest BCUT2D eigenvalue weighted by Gasteiger charge is -2.26. The number of halogens is 1. The van der Waals surface area contributed by atoms with E-state index >= 15 is 0 Å². The molecule has 3 nitrogen and oxygen atoms in total. The molecule has 0 bridgehead atoms. The third-order valence-corrected chi connectivity index (χ3v) is 3.94. The second-order valence-corrected chi connectivity index (χ2v) is 5.96. The zero-order valence-electron chi connectivity index (χ0n) is 13.3. The van der Waals surface area contributed by atoms with E-state index in [4.69, 9.17) is 0 Å². The summed E-state index contributed by atoms with van der Waals surface area (Å²) in [6, 6.07) is 14.5. The van der Waals surface area contributed by atoms with Gasteiger partial charge in [0.1, 0.15) is 5.82 Å². The first-order valence-corrected chi connectivity index (χ1v) is 7.80. The highest BCUT2D eigenvalue weighted by Crippen LogP contribution is 2.22. The van der Waals surface area contributed by atoms with Gasteiger partial charge in [-0.05, 0) is 42.7 Å². The van der Waals surface area contributed by atoms with E-state index < -0.39 is 0 Å². The fourth-order valence-corrected chi connectivity index (χ4v) is 2.68. The van der Waals surface area contributed by atoms with E-state index in [1.807, 2.05) is 38.1 Å². The van der Waals surface area contributed by atoms with E-state index in [2.05, 4.69) is 5.10 Å². The van der Waals surface area contributed by atoms with Crippen molar-refractivity contribution < 1.29 is 9.18 Å². The molecule has 0 saturated carbocycles. The monoisotopic (exact) mass is 310 g/mol. The molecule has 3 rings (SSSR count). The molecule has 0 unspecified atom stereocenters. The van der Waals surface area contributed by atoms with Gasteiger partial charge in [-0.15, -0.1) is 0 Å². The van der Waals surface area contributed by atoms with Crippen LogP contribution in [-0.4, -0.2) is 22.7 Å². The van der Waals surface area contributed by atoms with Crippen molar-refractivity contribution in [2.24, 2.45) is 5.10 Å². The van der Waals surface area contributed by atoms with Gasteiger partial charge in [0, 0.05) is 18.9 Å². The quantitative estimate of drug-likeness (QED) is 0.835. The molecule has 0 aliphatic carbocycles. The van der Waals surface area contributed by atoms with E-state index in [9.17, 15) is 9.18 Å². The fourth-order valence-electron chi connectivity index (χ4n) is 2.68. The molecular formula is C19H19FN2O. The minimum atomic E-state index is -0.236. The van der Waals surface area contributed by atoms with Gasteiger partial charge in [0.05, 0.1) is 5.71 Å². The summed E-state index contributed by atoms with van der Waals surface area (Å²) in [4.78, 5) is 11.9. The standard InChI is InChI=1S/C19H19FN2O/c1-13(2)22-19(23)12-11-18(21-22)16-5-3-14(4-6-16)15-7-9-17(20)10-8-15/h3-10,13H,11-12H2,1-2H3. The van der Waals surface area contributed by atoms with E-state index in [1.165, 1.54) is 12.1 Å². The Balaban J connectivity index is 1.86. The van der Waals surface area contributed by atoms with Crippen molar-refractivity contribution in [1.82, 2.24) is 5.01 Å². The number of hydrazone groups is 1. The summed E-state index contributed by atoms with van der Waals surface area (Å²) in [5.41, 5.74) is 3.96. The predicted molar refractivity (Wildman–Crippen MR) is 89.6 cm³/mol. The number of amides is 1. The van der Waals surface area contributed by atoms with Crippen molar-refractivity contribution in [3.63, 3.8) is 0 Å². The highest BCUT2D eigenvalue weighted by Gasteiger charge is 2.23. The van der Waals surface area contributed by atoms with Gasteiger partial charge in [-0.3, -0.25) is 4.79 Å². The van der Waals surface area contributed by atoms with Gasteiger partial charge in [0.15, 0.2) is 0 Å². The second-order valence-electron chi connectivity index (χ2n) is 5.96. The maximum absolute atomic E-state index is 13.0. The van der Waals surface area contributed by atoms with Gasteiger partial charge >= 0.3 is 0 Å². The summed E-state index contributed by atoms with van der Waals surface area (Å²) < 4.78 is 13.0. The largest absolute Gasteiger partial charge is 0.273 e. The van der Waals surface area contributed by atoms with Gasteiger partial charge in [0.25, 0.3) is 0 Å². The lowest BCUT2D eigenvalue weighted by atomic mass is 9.99. The van der Waals surface area contributed by atoms with Crippen LogP contribution in [0.4, 0.5) is 4.39 Å². The van der Waals surface area contributed by atoms with Crippen molar-refractivity contribution in [2.75, 3.05) is 0 Å². The van der Waals surface area contributed by atoms with Crippen molar-refractivity contribution in [1.29, 1.82) is 0 Å². The second kappa shape index (κ2) is 6.32. The zero-order valence-corrected chi connectivity index (χ0v) is 13.3. The molecule has 1 aliphatic heterocycles. The maximum atomic E-state index is 13.0. The van der Waals surface area contributed by atoms with Crippen LogP contribution in [0.25, 0.3) is 11.1 Å². The van der Waals surface area contributed by atoms with Crippen LogP contribution in [0.5, 0.6) is 0 Å². The van der Waals surface area contributed by atoms with Crippen LogP contribution < -0.4 is 0 Å². The molecule has 2 aromatic carbocycles. The molecule has 1 amide bonds. The molecule has 1 aliphatic rings.